The van der Waals surface area contributed by atoms with E-state index in [9.17, 15) is 4.79 Å². The van der Waals surface area contributed by atoms with Gasteiger partial charge < -0.3 is 4.90 Å². The Hall–Kier alpha value is -2.34. The first-order valence-electron chi connectivity index (χ1n) is 9.06. The Kier molecular flexibility index (Phi) is 5.20. The number of hydrogen-bond donors (Lipinski definition) is 0. The number of piperidine rings is 1. The number of likely N-dealkylation sites (tertiary alicyclic amines) is 1. The molecule has 5 nitrogen and oxygen atoms in total. The molecule has 0 aliphatic carbocycles. The second kappa shape index (κ2) is 7.91. The molecule has 3 heterocycles. The molecule has 4 rings (SSSR count). The Labute approximate surface area is 157 Å². The maximum absolute atomic E-state index is 12.5. The van der Waals surface area contributed by atoms with E-state index in [-0.39, 0.29) is 5.91 Å². The summed E-state index contributed by atoms with van der Waals surface area (Å²) in [5.74, 6) is 2.48. The number of carbonyl (C=O) groups is 1. The number of nitrogens with zero attached hydrogens (tertiary/aromatic N) is 4. The van der Waals surface area contributed by atoms with Gasteiger partial charge >= 0.3 is 0 Å². The number of carbonyl (C=O) groups excluding carboxylic acids is 1. The summed E-state index contributed by atoms with van der Waals surface area (Å²) in [4.78, 5) is 15.7. The number of hydrogen-bond acceptors (Lipinski definition) is 4. The van der Waals surface area contributed by atoms with Gasteiger partial charge in [-0.25, -0.2) is 0 Å². The second-order valence-electron chi connectivity index (χ2n) is 6.55. The molecule has 0 radical (unpaired) electrons. The van der Waals surface area contributed by atoms with E-state index < -0.39 is 0 Å². The fourth-order valence-corrected chi connectivity index (χ4v) is 4.32. The fourth-order valence-electron chi connectivity index (χ4n) is 3.46. The van der Waals surface area contributed by atoms with Crippen LogP contribution >= 0.6 is 11.8 Å². The molecule has 1 fully saturated rings. The van der Waals surface area contributed by atoms with E-state index in [1.807, 2.05) is 47.5 Å². The van der Waals surface area contributed by atoms with E-state index in [1.54, 1.807) is 11.8 Å². The van der Waals surface area contributed by atoms with Crippen LogP contribution in [0.1, 0.15) is 31.0 Å². The quantitative estimate of drug-likeness (QED) is 0.647. The van der Waals surface area contributed by atoms with Gasteiger partial charge in [-0.05, 0) is 37.1 Å². The molecule has 0 bridgehead atoms. The van der Waals surface area contributed by atoms with Crippen LogP contribution in [0.5, 0.6) is 0 Å². The highest BCUT2D eigenvalue weighted by atomic mass is 32.2. The van der Waals surface area contributed by atoms with Crippen LogP contribution in [0.15, 0.2) is 59.6 Å². The molecule has 26 heavy (non-hydrogen) atoms. The molecule has 1 aliphatic rings. The lowest BCUT2D eigenvalue weighted by Crippen LogP contribution is -2.38. The van der Waals surface area contributed by atoms with Gasteiger partial charge in [-0.15, -0.1) is 22.0 Å². The molecule has 1 aromatic carbocycles. The van der Waals surface area contributed by atoms with Crippen LogP contribution in [0.3, 0.4) is 0 Å². The van der Waals surface area contributed by atoms with Crippen LogP contribution < -0.4 is 0 Å². The summed E-state index contributed by atoms with van der Waals surface area (Å²) in [6, 6.07) is 16.2. The van der Waals surface area contributed by atoms with Crippen molar-refractivity contribution in [1.29, 1.82) is 0 Å². The molecule has 0 saturated carbocycles. The maximum atomic E-state index is 12.5. The molecule has 0 spiro atoms. The number of aromatic nitrogens is 3. The van der Waals surface area contributed by atoms with E-state index in [0.717, 1.165) is 43.2 Å². The molecule has 6 heteroatoms. The summed E-state index contributed by atoms with van der Waals surface area (Å²) in [5, 5.41) is 8.63. The zero-order valence-corrected chi connectivity index (χ0v) is 15.4. The summed E-state index contributed by atoms with van der Waals surface area (Å²) in [5.41, 5.74) is 0.888. The van der Waals surface area contributed by atoms with Gasteiger partial charge in [-0.3, -0.25) is 9.20 Å². The normalized spacial score (nSPS) is 15.5. The van der Waals surface area contributed by atoms with E-state index in [1.165, 1.54) is 4.90 Å². The standard InChI is InChI=1S/C20H22N4OS/c25-19(11-15-26-17-6-2-1-3-7-17)23-13-9-16(10-14-23)20-22-21-18-8-4-5-12-24(18)20/h1-8,12,16H,9-11,13-15H2. The van der Waals surface area contributed by atoms with Crippen LogP contribution in [-0.2, 0) is 4.79 Å². The average molecular weight is 366 g/mol. The zero-order valence-electron chi connectivity index (χ0n) is 14.6. The van der Waals surface area contributed by atoms with Crippen LogP contribution in [-0.4, -0.2) is 44.2 Å². The highest BCUT2D eigenvalue weighted by Crippen LogP contribution is 2.27. The third-order valence-electron chi connectivity index (χ3n) is 4.88. The summed E-state index contributed by atoms with van der Waals surface area (Å²) < 4.78 is 2.07. The number of benzene rings is 1. The molecule has 2 aromatic heterocycles. The maximum Gasteiger partial charge on any atom is 0.223 e. The summed E-state index contributed by atoms with van der Waals surface area (Å²) >= 11 is 1.74. The SMILES string of the molecule is O=C(CCSc1ccccc1)N1CCC(c2nnc3ccccn23)CC1. The largest absolute Gasteiger partial charge is 0.343 e. The van der Waals surface area contributed by atoms with Crippen molar-refractivity contribution in [1.82, 2.24) is 19.5 Å². The molecule has 134 valence electrons. The van der Waals surface area contributed by atoms with Crippen LogP contribution in [0.4, 0.5) is 0 Å². The van der Waals surface area contributed by atoms with Gasteiger partial charge in [0.05, 0.1) is 0 Å². The first kappa shape index (κ1) is 17.1. The Bertz CT molecular complexity index is 872. The Morgan fingerprint density at radius 2 is 1.81 bits per heavy atom. The minimum Gasteiger partial charge on any atom is -0.343 e. The van der Waals surface area contributed by atoms with Crippen molar-refractivity contribution < 1.29 is 4.79 Å². The lowest BCUT2D eigenvalue weighted by atomic mass is 9.96. The van der Waals surface area contributed by atoms with Gasteiger partial charge in [0.15, 0.2) is 5.65 Å². The highest BCUT2D eigenvalue weighted by Gasteiger charge is 2.26. The van der Waals surface area contributed by atoms with E-state index in [0.29, 0.717) is 12.3 Å². The monoisotopic (exact) mass is 366 g/mol. The Balaban J connectivity index is 1.28. The van der Waals surface area contributed by atoms with Crippen LogP contribution in [0, 0.1) is 0 Å². The minimum atomic E-state index is 0.262. The first-order chi connectivity index (χ1) is 12.8. The van der Waals surface area contributed by atoms with Crippen molar-refractivity contribution in [3.05, 3.63) is 60.6 Å². The number of amides is 1. The topological polar surface area (TPSA) is 50.5 Å². The Morgan fingerprint density at radius 1 is 1.04 bits per heavy atom. The molecule has 1 saturated heterocycles. The van der Waals surface area contributed by atoms with Gasteiger partial charge in [-0.2, -0.15) is 0 Å². The number of fused-ring (bicyclic) bond motifs is 1. The fraction of sp³-hybridized carbons (Fsp3) is 0.350. The van der Waals surface area contributed by atoms with E-state index in [2.05, 4.69) is 26.7 Å². The molecule has 0 unspecified atom stereocenters. The van der Waals surface area contributed by atoms with Gasteiger partial charge in [0.2, 0.25) is 5.91 Å². The van der Waals surface area contributed by atoms with E-state index in [4.69, 9.17) is 0 Å². The molecule has 3 aromatic rings. The zero-order chi connectivity index (χ0) is 17.8. The molecular weight excluding hydrogens is 344 g/mol. The minimum absolute atomic E-state index is 0.262. The van der Waals surface area contributed by atoms with Crippen LogP contribution in [0.25, 0.3) is 5.65 Å². The molecule has 0 N–H and O–H groups in total. The van der Waals surface area contributed by atoms with Gasteiger partial charge in [-0.1, -0.05) is 24.3 Å². The first-order valence-corrected chi connectivity index (χ1v) is 10.0. The average Bonchev–Trinajstić information content (AvgIpc) is 3.13. The van der Waals surface area contributed by atoms with Crippen molar-refractivity contribution in [2.75, 3.05) is 18.8 Å². The van der Waals surface area contributed by atoms with E-state index >= 15 is 0 Å². The van der Waals surface area contributed by atoms with Crippen molar-refractivity contribution in [3.8, 4) is 0 Å². The number of thioether (sulfide) groups is 1. The van der Waals surface area contributed by atoms with Crippen molar-refractivity contribution in [2.45, 2.75) is 30.1 Å². The molecular formula is C20H22N4OS. The smallest absolute Gasteiger partial charge is 0.223 e. The number of rotatable bonds is 5. The molecule has 0 atom stereocenters. The Morgan fingerprint density at radius 3 is 2.62 bits per heavy atom. The second-order valence-corrected chi connectivity index (χ2v) is 7.72. The molecule has 1 aliphatic heterocycles. The van der Waals surface area contributed by atoms with Gasteiger partial charge in [0.1, 0.15) is 5.82 Å². The number of pyridine rings is 1. The van der Waals surface area contributed by atoms with Crippen molar-refractivity contribution in [3.63, 3.8) is 0 Å². The van der Waals surface area contributed by atoms with Gasteiger partial charge in [0.25, 0.3) is 0 Å². The predicted octanol–water partition coefficient (Wildman–Crippen LogP) is 3.62. The lowest BCUT2D eigenvalue weighted by molar-refractivity contribution is -0.131. The highest BCUT2D eigenvalue weighted by molar-refractivity contribution is 7.99. The third-order valence-corrected chi connectivity index (χ3v) is 5.89. The predicted molar refractivity (Wildman–Crippen MR) is 103 cm³/mol. The summed E-state index contributed by atoms with van der Waals surface area (Å²) in [7, 11) is 0. The summed E-state index contributed by atoms with van der Waals surface area (Å²) in [6.07, 6.45) is 4.52. The van der Waals surface area contributed by atoms with Crippen LogP contribution in [0.2, 0.25) is 0 Å². The van der Waals surface area contributed by atoms with Crippen molar-refractivity contribution in [2.24, 2.45) is 0 Å². The summed E-state index contributed by atoms with van der Waals surface area (Å²) in [6.45, 7) is 1.61. The lowest BCUT2D eigenvalue weighted by Gasteiger charge is -2.31. The van der Waals surface area contributed by atoms with Crippen molar-refractivity contribution >= 4 is 23.3 Å². The van der Waals surface area contributed by atoms with Gasteiger partial charge in [0, 0.05) is 42.3 Å². The third kappa shape index (κ3) is 3.75. The molecule has 1 amide bonds.